The van der Waals surface area contributed by atoms with Crippen molar-refractivity contribution in [3.63, 3.8) is 0 Å². The Balaban J connectivity index is 3.16. The molecule has 1 N–H and O–H groups in total. The summed E-state index contributed by atoms with van der Waals surface area (Å²) in [7, 11) is 3.16. The maximum Gasteiger partial charge on any atom is 0.309 e. The second kappa shape index (κ2) is 5.29. The number of benzene rings is 1. The first kappa shape index (κ1) is 14.4. The third-order valence-electron chi connectivity index (χ3n) is 3.12. The summed E-state index contributed by atoms with van der Waals surface area (Å²) in [5, 5.41) is 9.16. The molecule has 0 spiro atoms. The van der Waals surface area contributed by atoms with E-state index in [-0.39, 0.29) is 0 Å². The summed E-state index contributed by atoms with van der Waals surface area (Å²) in [5.74, 6) is 0.514. The molecule has 0 aliphatic rings. The lowest BCUT2D eigenvalue weighted by molar-refractivity contribution is -0.146. The van der Waals surface area contributed by atoms with Crippen molar-refractivity contribution in [1.29, 1.82) is 0 Å². The molecule has 0 radical (unpaired) electrons. The largest absolute Gasteiger partial charge is 0.493 e. The molecule has 0 atom stereocenters. The Morgan fingerprint density at radius 2 is 1.89 bits per heavy atom. The van der Waals surface area contributed by atoms with E-state index >= 15 is 0 Å². The van der Waals surface area contributed by atoms with Crippen LogP contribution in [0.15, 0.2) is 12.1 Å². The predicted molar refractivity (Wildman–Crippen MR) is 69.4 cm³/mol. The SMILES string of the molecule is COc1ccc(CC(C)(C)C(=O)O)c(C)c1OC. The number of methoxy groups -OCH3 is 2. The molecule has 100 valence electrons. The van der Waals surface area contributed by atoms with Gasteiger partial charge in [-0.3, -0.25) is 4.79 Å². The van der Waals surface area contributed by atoms with E-state index in [0.29, 0.717) is 17.9 Å². The lowest BCUT2D eigenvalue weighted by Crippen LogP contribution is -2.26. The van der Waals surface area contributed by atoms with Crippen LogP contribution in [0.2, 0.25) is 0 Å². The summed E-state index contributed by atoms with van der Waals surface area (Å²) >= 11 is 0. The minimum Gasteiger partial charge on any atom is -0.493 e. The molecule has 18 heavy (non-hydrogen) atoms. The van der Waals surface area contributed by atoms with Crippen LogP contribution in [0.1, 0.15) is 25.0 Å². The van der Waals surface area contributed by atoms with Crippen LogP contribution >= 0.6 is 0 Å². The van der Waals surface area contributed by atoms with Crippen molar-refractivity contribution in [2.45, 2.75) is 27.2 Å². The summed E-state index contributed by atoms with van der Waals surface area (Å²) in [5.41, 5.74) is 1.08. The lowest BCUT2D eigenvalue weighted by atomic mass is 9.84. The number of hydrogen-bond donors (Lipinski definition) is 1. The second-order valence-electron chi connectivity index (χ2n) is 4.95. The standard InChI is InChI=1S/C14H20O4/c1-9-10(8-14(2,3)13(15)16)6-7-11(17-4)12(9)18-5/h6-7H,8H2,1-5H3,(H,15,16). The zero-order valence-electron chi connectivity index (χ0n) is 11.5. The highest BCUT2D eigenvalue weighted by Gasteiger charge is 2.28. The van der Waals surface area contributed by atoms with E-state index in [1.807, 2.05) is 13.0 Å². The fraction of sp³-hybridized carbons (Fsp3) is 0.500. The van der Waals surface area contributed by atoms with E-state index in [0.717, 1.165) is 11.1 Å². The van der Waals surface area contributed by atoms with Crippen LogP contribution in [0.4, 0.5) is 0 Å². The van der Waals surface area contributed by atoms with E-state index in [1.54, 1.807) is 34.1 Å². The molecule has 1 aromatic carbocycles. The third-order valence-corrected chi connectivity index (χ3v) is 3.12. The quantitative estimate of drug-likeness (QED) is 0.875. The van der Waals surface area contributed by atoms with Gasteiger partial charge in [0.2, 0.25) is 0 Å². The molecular weight excluding hydrogens is 232 g/mol. The Hall–Kier alpha value is -1.71. The monoisotopic (exact) mass is 252 g/mol. The van der Waals surface area contributed by atoms with Crippen molar-refractivity contribution in [2.24, 2.45) is 5.41 Å². The molecule has 0 amide bonds. The highest BCUT2D eigenvalue weighted by Crippen LogP contribution is 2.35. The van der Waals surface area contributed by atoms with E-state index in [1.165, 1.54) is 0 Å². The number of ether oxygens (including phenoxy) is 2. The summed E-state index contributed by atoms with van der Waals surface area (Å²) in [6.07, 6.45) is 0.453. The summed E-state index contributed by atoms with van der Waals surface area (Å²) in [6.45, 7) is 5.34. The Morgan fingerprint density at radius 3 is 2.33 bits per heavy atom. The molecule has 1 rings (SSSR count). The zero-order chi connectivity index (χ0) is 13.9. The van der Waals surface area contributed by atoms with Gasteiger partial charge in [-0.15, -0.1) is 0 Å². The molecule has 0 fully saturated rings. The minimum atomic E-state index is -0.809. The van der Waals surface area contributed by atoms with Crippen LogP contribution < -0.4 is 9.47 Å². The van der Waals surface area contributed by atoms with Gasteiger partial charge in [-0.25, -0.2) is 0 Å². The highest BCUT2D eigenvalue weighted by molar-refractivity contribution is 5.74. The van der Waals surface area contributed by atoms with Gasteiger partial charge in [-0.05, 0) is 44.4 Å². The van der Waals surface area contributed by atoms with Gasteiger partial charge in [0.15, 0.2) is 11.5 Å². The zero-order valence-corrected chi connectivity index (χ0v) is 11.5. The molecule has 0 aliphatic heterocycles. The molecule has 0 aromatic heterocycles. The van der Waals surface area contributed by atoms with Gasteiger partial charge < -0.3 is 14.6 Å². The van der Waals surface area contributed by atoms with Gasteiger partial charge in [0.05, 0.1) is 19.6 Å². The molecule has 0 saturated carbocycles. The second-order valence-corrected chi connectivity index (χ2v) is 4.95. The number of carboxylic acids is 1. The van der Waals surface area contributed by atoms with Gasteiger partial charge >= 0.3 is 5.97 Å². The Labute approximate surface area is 108 Å². The van der Waals surface area contributed by atoms with Gasteiger partial charge in [0.1, 0.15) is 0 Å². The van der Waals surface area contributed by atoms with Gasteiger partial charge in [0.25, 0.3) is 0 Å². The van der Waals surface area contributed by atoms with Crippen molar-refractivity contribution >= 4 is 5.97 Å². The van der Waals surface area contributed by atoms with Crippen LogP contribution in [0.25, 0.3) is 0 Å². The van der Waals surface area contributed by atoms with Crippen LogP contribution in [0.3, 0.4) is 0 Å². The number of hydrogen-bond acceptors (Lipinski definition) is 3. The molecule has 0 bridgehead atoms. The van der Waals surface area contributed by atoms with Crippen molar-refractivity contribution in [2.75, 3.05) is 14.2 Å². The van der Waals surface area contributed by atoms with E-state index in [2.05, 4.69) is 0 Å². The van der Waals surface area contributed by atoms with Crippen molar-refractivity contribution in [3.8, 4) is 11.5 Å². The topological polar surface area (TPSA) is 55.8 Å². The molecule has 0 unspecified atom stereocenters. The smallest absolute Gasteiger partial charge is 0.309 e. The molecular formula is C14H20O4. The molecule has 0 aliphatic carbocycles. The number of rotatable bonds is 5. The fourth-order valence-electron chi connectivity index (χ4n) is 1.87. The normalized spacial score (nSPS) is 11.2. The van der Waals surface area contributed by atoms with Gasteiger partial charge in [-0.1, -0.05) is 6.07 Å². The summed E-state index contributed by atoms with van der Waals surface area (Å²) in [6, 6.07) is 3.69. The maximum absolute atomic E-state index is 11.2. The fourth-order valence-corrected chi connectivity index (χ4v) is 1.87. The van der Waals surface area contributed by atoms with Crippen LogP contribution in [-0.4, -0.2) is 25.3 Å². The average molecular weight is 252 g/mol. The first-order valence-electron chi connectivity index (χ1n) is 5.77. The Bertz CT molecular complexity index is 449. The summed E-state index contributed by atoms with van der Waals surface area (Å²) < 4.78 is 10.5. The van der Waals surface area contributed by atoms with E-state index in [4.69, 9.17) is 14.6 Å². The third kappa shape index (κ3) is 2.75. The summed E-state index contributed by atoms with van der Waals surface area (Å²) in [4.78, 5) is 11.2. The average Bonchev–Trinajstić information content (AvgIpc) is 2.31. The number of carboxylic acid groups (broad SMARTS) is 1. The van der Waals surface area contributed by atoms with Crippen LogP contribution in [-0.2, 0) is 11.2 Å². The highest BCUT2D eigenvalue weighted by atomic mass is 16.5. The molecule has 1 aromatic rings. The van der Waals surface area contributed by atoms with E-state index < -0.39 is 11.4 Å². The minimum absolute atomic E-state index is 0.453. The lowest BCUT2D eigenvalue weighted by Gasteiger charge is -2.21. The predicted octanol–water partition coefficient (Wildman–Crippen LogP) is 2.67. The molecule has 0 heterocycles. The van der Waals surface area contributed by atoms with Crippen molar-refractivity contribution < 1.29 is 19.4 Å². The van der Waals surface area contributed by atoms with E-state index in [9.17, 15) is 4.79 Å². The first-order valence-corrected chi connectivity index (χ1v) is 5.77. The number of aliphatic carboxylic acids is 1. The van der Waals surface area contributed by atoms with Crippen LogP contribution in [0.5, 0.6) is 11.5 Å². The Kier molecular flexibility index (Phi) is 4.22. The maximum atomic E-state index is 11.2. The van der Waals surface area contributed by atoms with Gasteiger partial charge in [0, 0.05) is 0 Å². The first-order chi connectivity index (χ1) is 8.33. The van der Waals surface area contributed by atoms with Crippen molar-refractivity contribution in [3.05, 3.63) is 23.3 Å². The number of carbonyl (C=O) groups is 1. The van der Waals surface area contributed by atoms with Crippen LogP contribution in [0, 0.1) is 12.3 Å². The molecule has 4 nitrogen and oxygen atoms in total. The van der Waals surface area contributed by atoms with Gasteiger partial charge in [-0.2, -0.15) is 0 Å². The Morgan fingerprint density at radius 1 is 1.28 bits per heavy atom. The molecule has 4 heteroatoms. The van der Waals surface area contributed by atoms with Crippen molar-refractivity contribution in [1.82, 2.24) is 0 Å². The molecule has 0 saturated heterocycles.